The summed E-state index contributed by atoms with van der Waals surface area (Å²) >= 11 is 1.40. The number of aldehydes is 1. The van der Waals surface area contributed by atoms with Crippen LogP contribution in [0.1, 0.15) is 53.7 Å². The van der Waals surface area contributed by atoms with Crippen LogP contribution < -0.4 is 0 Å². The van der Waals surface area contributed by atoms with Crippen LogP contribution in [0, 0.1) is 18.3 Å². The summed E-state index contributed by atoms with van der Waals surface area (Å²) in [5.41, 5.74) is 5.80. The second kappa shape index (κ2) is 6.04. The van der Waals surface area contributed by atoms with Crippen molar-refractivity contribution in [2.45, 2.75) is 47.0 Å². The topological polar surface area (TPSA) is 30.0 Å². The van der Waals surface area contributed by atoms with Gasteiger partial charge in [-0.05, 0) is 54.7 Å². The largest absolute Gasteiger partial charge is 0.297 e. The van der Waals surface area contributed by atoms with Crippen LogP contribution >= 0.6 is 11.3 Å². The molecule has 0 aliphatic heterocycles. The summed E-state index contributed by atoms with van der Waals surface area (Å²) in [6, 6.07) is 4.15. The third-order valence-electron chi connectivity index (χ3n) is 4.08. The number of fused-ring (bicyclic) bond motifs is 1. The highest BCUT2D eigenvalue weighted by molar-refractivity contribution is 7.11. The zero-order valence-corrected chi connectivity index (χ0v) is 13.6. The molecule has 20 heavy (non-hydrogen) atoms. The van der Waals surface area contributed by atoms with Crippen molar-refractivity contribution in [3.05, 3.63) is 39.3 Å². The lowest BCUT2D eigenvalue weighted by molar-refractivity contribution is 0.112. The van der Waals surface area contributed by atoms with Crippen molar-refractivity contribution in [2.24, 2.45) is 11.3 Å². The fourth-order valence-corrected chi connectivity index (χ4v) is 3.38. The van der Waals surface area contributed by atoms with Crippen LogP contribution in [-0.4, -0.2) is 11.3 Å². The molecule has 2 rings (SSSR count). The molecule has 1 aliphatic rings. The molecule has 1 heterocycles. The van der Waals surface area contributed by atoms with E-state index in [4.69, 9.17) is 0 Å². The third-order valence-corrected chi connectivity index (χ3v) is 4.77. The summed E-state index contributed by atoms with van der Waals surface area (Å²) in [6.07, 6.45) is 4.22. The number of rotatable bonds is 1. The maximum absolute atomic E-state index is 11.0. The average molecular weight is 289 g/mol. The van der Waals surface area contributed by atoms with Gasteiger partial charge in [-0.15, -0.1) is 11.3 Å². The van der Waals surface area contributed by atoms with Gasteiger partial charge in [-0.25, -0.2) is 0 Å². The summed E-state index contributed by atoms with van der Waals surface area (Å²) in [6.45, 7) is 9.01. The van der Waals surface area contributed by atoms with Crippen LogP contribution in [0.4, 0.5) is 0 Å². The molecular formula is C17H23NOS. The van der Waals surface area contributed by atoms with Gasteiger partial charge in [0.1, 0.15) is 0 Å². The van der Waals surface area contributed by atoms with Crippen molar-refractivity contribution in [2.75, 3.05) is 0 Å². The number of hydrogen-bond donors (Lipinski definition) is 0. The average Bonchev–Trinajstić information content (AvgIpc) is 2.44. The molecule has 108 valence electrons. The number of aromatic nitrogens is 1. The van der Waals surface area contributed by atoms with Crippen LogP contribution in [0.5, 0.6) is 0 Å². The van der Waals surface area contributed by atoms with Gasteiger partial charge in [-0.2, -0.15) is 0 Å². The van der Waals surface area contributed by atoms with E-state index in [1.165, 1.54) is 29.0 Å². The second-order valence-electron chi connectivity index (χ2n) is 6.68. The molecule has 0 N–H and O–H groups in total. The lowest BCUT2D eigenvalue weighted by atomic mass is 9.71. The number of carbonyl (C=O) groups excluding carboxylic acids is 1. The van der Waals surface area contributed by atoms with E-state index in [-0.39, 0.29) is 0 Å². The van der Waals surface area contributed by atoms with E-state index < -0.39 is 0 Å². The van der Waals surface area contributed by atoms with E-state index >= 15 is 0 Å². The summed E-state index contributed by atoms with van der Waals surface area (Å²) in [5, 5.41) is 0. The van der Waals surface area contributed by atoms with Gasteiger partial charge in [-0.3, -0.25) is 9.78 Å². The molecule has 3 heteroatoms. The van der Waals surface area contributed by atoms with Gasteiger partial charge in [0.2, 0.25) is 0 Å². The summed E-state index contributed by atoms with van der Waals surface area (Å²) < 4.78 is 0. The molecule has 1 unspecified atom stereocenters. The molecule has 1 atom stereocenters. The Balaban J connectivity index is 2.49. The number of nitrogens with zero attached hydrogens (tertiary/aromatic N) is 1. The number of aryl methyl sites for hydroxylation is 2. The minimum atomic E-state index is 0.334. The van der Waals surface area contributed by atoms with Crippen molar-refractivity contribution < 1.29 is 4.79 Å². The Kier molecular flexibility index (Phi) is 4.59. The monoisotopic (exact) mass is 289 g/mol. The van der Waals surface area contributed by atoms with E-state index in [9.17, 15) is 4.79 Å². The first-order chi connectivity index (χ1) is 9.40. The minimum absolute atomic E-state index is 0.334. The van der Waals surface area contributed by atoms with Gasteiger partial charge in [0, 0.05) is 5.69 Å². The minimum Gasteiger partial charge on any atom is -0.297 e. The predicted octanol–water partition coefficient (Wildman–Crippen LogP) is 4.54. The Hall–Kier alpha value is -1.22. The predicted molar refractivity (Wildman–Crippen MR) is 84.8 cm³/mol. The third kappa shape index (κ3) is 3.66. The SMILES string of the molecule is Cc1cc(C=O)scnc2c(c1)CC(C(C)(C)C)CC2. The molecule has 0 aromatic carbocycles. The summed E-state index contributed by atoms with van der Waals surface area (Å²) in [7, 11) is 0. The van der Waals surface area contributed by atoms with Gasteiger partial charge in [0.15, 0.2) is 6.29 Å². The van der Waals surface area contributed by atoms with E-state index in [2.05, 4.69) is 38.7 Å². The highest BCUT2D eigenvalue weighted by atomic mass is 32.1. The maximum Gasteiger partial charge on any atom is 0.160 e. The molecule has 0 fully saturated rings. The summed E-state index contributed by atoms with van der Waals surface area (Å²) in [4.78, 5) is 16.3. The highest BCUT2D eigenvalue weighted by Crippen LogP contribution is 2.36. The van der Waals surface area contributed by atoms with Crippen molar-refractivity contribution in [3.63, 3.8) is 0 Å². The zero-order chi connectivity index (χ0) is 14.8. The highest BCUT2D eigenvalue weighted by Gasteiger charge is 2.28. The van der Waals surface area contributed by atoms with Gasteiger partial charge in [0.05, 0.1) is 10.4 Å². The molecule has 0 saturated heterocycles. The molecule has 0 saturated carbocycles. The van der Waals surface area contributed by atoms with Crippen molar-refractivity contribution >= 4 is 17.6 Å². The van der Waals surface area contributed by atoms with E-state index in [1.807, 2.05) is 6.07 Å². The lowest BCUT2D eigenvalue weighted by Crippen LogP contribution is -2.27. The second-order valence-corrected chi connectivity index (χ2v) is 7.60. The number of hydrogen-bond acceptors (Lipinski definition) is 3. The molecule has 1 aliphatic carbocycles. The number of carbonyl (C=O) groups is 1. The fraction of sp³-hybridized carbons (Fsp3) is 0.529. The molecule has 0 amide bonds. The first-order valence-electron chi connectivity index (χ1n) is 7.16. The van der Waals surface area contributed by atoms with Gasteiger partial charge >= 0.3 is 0 Å². The molecule has 2 nitrogen and oxygen atoms in total. The Morgan fingerprint density at radius 1 is 1.35 bits per heavy atom. The first kappa shape index (κ1) is 15.2. The van der Waals surface area contributed by atoms with E-state index in [0.717, 1.165) is 29.6 Å². The fourth-order valence-electron chi connectivity index (χ4n) is 2.77. The van der Waals surface area contributed by atoms with Crippen LogP contribution in [0.3, 0.4) is 0 Å². The smallest absolute Gasteiger partial charge is 0.160 e. The van der Waals surface area contributed by atoms with Crippen LogP contribution in [0.25, 0.3) is 0 Å². The molecule has 0 radical (unpaired) electrons. The van der Waals surface area contributed by atoms with Crippen molar-refractivity contribution in [1.82, 2.24) is 4.98 Å². The van der Waals surface area contributed by atoms with Crippen molar-refractivity contribution in [1.29, 1.82) is 0 Å². The van der Waals surface area contributed by atoms with Crippen molar-refractivity contribution in [3.8, 4) is 0 Å². The Bertz CT molecular complexity index is 553. The lowest BCUT2D eigenvalue weighted by Gasteiger charge is -2.34. The van der Waals surface area contributed by atoms with Crippen LogP contribution in [0.2, 0.25) is 0 Å². The van der Waals surface area contributed by atoms with E-state index in [1.54, 1.807) is 5.51 Å². The molecule has 1 aromatic rings. The first-order valence-corrected chi connectivity index (χ1v) is 8.04. The molecule has 0 spiro atoms. The normalized spacial score (nSPS) is 18.1. The Morgan fingerprint density at radius 3 is 2.75 bits per heavy atom. The molecule has 1 aromatic heterocycles. The van der Waals surface area contributed by atoms with Crippen LogP contribution in [0.15, 0.2) is 17.6 Å². The summed E-state index contributed by atoms with van der Waals surface area (Å²) in [5.74, 6) is 0.698. The standard InChI is InChI=1S/C17H23NOS/c1-12-7-13-9-14(17(2,3)4)5-6-16(13)18-11-20-15(8-12)10-19/h7-8,10-11,14H,5-6,9H2,1-4H3. The molecule has 0 bridgehead atoms. The van der Waals surface area contributed by atoms with Gasteiger partial charge in [0.25, 0.3) is 0 Å². The molecular weight excluding hydrogens is 266 g/mol. The Labute approximate surface area is 125 Å². The zero-order valence-electron chi connectivity index (χ0n) is 12.8. The Morgan fingerprint density at radius 2 is 2.10 bits per heavy atom. The van der Waals surface area contributed by atoms with Gasteiger partial charge in [-0.1, -0.05) is 26.8 Å². The van der Waals surface area contributed by atoms with Gasteiger partial charge < -0.3 is 0 Å². The van der Waals surface area contributed by atoms with Crippen LogP contribution in [-0.2, 0) is 12.8 Å². The van der Waals surface area contributed by atoms with E-state index in [0.29, 0.717) is 11.3 Å². The quantitative estimate of drug-likeness (QED) is 0.710. The maximum atomic E-state index is 11.0.